The molecule has 124 valence electrons. The van der Waals surface area contributed by atoms with Gasteiger partial charge in [0.25, 0.3) is 0 Å². The van der Waals surface area contributed by atoms with Gasteiger partial charge in [-0.2, -0.15) is 50.5 Å². The quantitative estimate of drug-likeness (QED) is 0.528. The molecule has 0 bridgehead atoms. The molecule has 0 unspecified atom stereocenters. The van der Waals surface area contributed by atoms with Crippen molar-refractivity contribution in [2.45, 2.75) is 42.3 Å². The number of thiol groups is 4. The van der Waals surface area contributed by atoms with Crippen LogP contribution in [0.25, 0.3) is 0 Å². The minimum atomic E-state index is 0.606. The molecular weight excluding hydrogens is 364 g/mol. The Balaban J connectivity index is 2.02. The van der Waals surface area contributed by atoms with E-state index in [1.807, 2.05) is 12.1 Å². The van der Waals surface area contributed by atoms with E-state index in [0.717, 1.165) is 53.7 Å². The van der Waals surface area contributed by atoms with Crippen LogP contribution in [0.1, 0.15) is 40.8 Å². The van der Waals surface area contributed by atoms with Gasteiger partial charge in [-0.15, -0.1) is 0 Å². The van der Waals surface area contributed by atoms with E-state index < -0.39 is 0 Å². The van der Waals surface area contributed by atoms with Crippen molar-refractivity contribution in [1.29, 1.82) is 0 Å². The normalized spacial score (nSPS) is 11.0. The largest absolute Gasteiger partial charge is 0.237 e. The maximum atomic E-state index is 4.51. The minimum Gasteiger partial charge on any atom is -0.237 e. The summed E-state index contributed by atoms with van der Waals surface area (Å²) in [6.45, 7) is 0. The first-order chi connectivity index (χ1) is 11.2. The van der Waals surface area contributed by atoms with Gasteiger partial charge in [0.15, 0.2) is 0 Å². The summed E-state index contributed by atoms with van der Waals surface area (Å²) in [5.74, 6) is 4.09. The minimum absolute atomic E-state index is 0.606. The van der Waals surface area contributed by atoms with E-state index in [2.05, 4.69) is 70.5 Å². The lowest BCUT2D eigenvalue weighted by atomic mass is 10.2. The smallest absolute Gasteiger partial charge is 0.128 e. The van der Waals surface area contributed by atoms with Gasteiger partial charge in [0.1, 0.15) is 11.6 Å². The van der Waals surface area contributed by atoms with Gasteiger partial charge in [-0.3, -0.25) is 0 Å². The zero-order valence-corrected chi connectivity index (χ0v) is 16.3. The summed E-state index contributed by atoms with van der Waals surface area (Å²) in [6, 6.07) is 3.89. The van der Waals surface area contributed by atoms with Crippen LogP contribution in [0, 0.1) is 0 Å². The molecule has 0 fully saturated rings. The van der Waals surface area contributed by atoms with E-state index in [4.69, 9.17) is 0 Å². The molecule has 0 atom stereocenters. The number of hydrogen-bond donors (Lipinski definition) is 4. The summed E-state index contributed by atoms with van der Waals surface area (Å²) >= 11 is 17.1. The maximum absolute atomic E-state index is 4.51. The molecule has 8 heteroatoms. The lowest BCUT2D eigenvalue weighted by Gasteiger charge is -2.07. The Morgan fingerprint density at radius 3 is 1.13 bits per heavy atom. The standard InChI is InChI=1S/C15H20N4S4/c20-6-10-4-11(7-21)17-14(16-10)2-1-3-15-18-12(8-22)5-13(9-23)19-15/h4-5,20-23H,1-3,6-9H2. The highest BCUT2D eigenvalue weighted by Crippen LogP contribution is 2.11. The SMILES string of the molecule is SCc1cc(CS)nc(CCCc2nc(CS)cc(CS)n2)n1. The third-order valence-electron chi connectivity index (χ3n) is 3.21. The van der Waals surface area contributed by atoms with Crippen molar-refractivity contribution in [1.82, 2.24) is 19.9 Å². The summed E-state index contributed by atoms with van der Waals surface area (Å²) in [5, 5.41) is 0. The monoisotopic (exact) mass is 384 g/mol. The van der Waals surface area contributed by atoms with Crippen LogP contribution in [0.2, 0.25) is 0 Å². The summed E-state index contributed by atoms with van der Waals surface area (Å²) in [4.78, 5) is 18.0. The Labute approximate surface area is 159 Å². The molecule has 2 aromatic rings. The zero-order valence-electron chi connectivity index (χ0n) is 12.7. The molecule has 2 heterocycles. The zero-order chi connectivity index (χ0) is 16.7. The predicted octanol–water partition coefficient (Wildman–Crippen LogP) is 3.16. The Hall–Kier alpha value is -0.440. The number of hydrogen-bond acceptors (Lipinski definition) is 8. The molecule has 0 spiro atoms. The highest BCUT2D eigenvalue weighted by Gasteiger charge is 2.06. The number of rotatable bonds is 8. The first kappa shape index (κ1) is 18.9. The van der Waals surface area contributed by atoms with Crippen molar-refractivity contribution >= 4 is 50.5 Å². The lowest BCUT2D eigenvalue weighted by molar-refractivity contribution is 0.723. The van der Waals surface area contributed by atoms with Gasteiger partial charge in [-0.25, -0.2) is 19.9 Å². The van der Waals surface area contributed by atoms with Gasteiger partial charge in [-0.1, -0.05) is 0 Å². The van der Waals surface area contributed by atoms with Crippen LogP contribution in [0.5, 0.6) is 0 Å². The summed E-state index contributed by atoms with van der Waals surface area (Å²) in [6.07, 6.45) is 2.46. The number of aromatic nitrogens is 4. The molecule has 0 radical (unpaired) electrons. The van der Waals surface area contributed by atoms with E-state index >= 15 is 0 Å². The molecule has 0 aliphatic carbocycles. The first-order valence-electron chi connectivity index (χ1n) is 7.33. The van der Waals surface area contributed by atoms with E-state index in [1.165, 1.54) is 0 Å². The van der Waals surface area contributed by atoms with Crippen molar-refractivity contribution in [2.24, 2.45) is 0 Å². The molecule has 2 aromatic heterocycles. The second-order valence-electron chi connectivity index (χ2n) is 5.02. The van der Waals surface area contributed by atoms with Crippen LogP contribution < -0.4 is 0 Å². The van der Waals surface area contributed by atoms with Crippen molar-refractivity contribution in [3.8, 4) is 0 Å². The van der Waals surface area contributed by atoms with Gasteiger partial charge in [0, 0.05) is 35.9 Å². The summed E-state index contributed by atoms with van der Waals surface area (Å²) < 4.78 is 0. The fourth-order valence-corrected chi connectivity index (χ4v) is 2.83. The predicted molar refractivity (Wildman–Crippen MR) is 107 cm³/mol. The maximum Gasteiger partial charge on any atom is 0.128 e. The molecule has 0 saturated carbocycles. The Morgan fingerprint density at radius 2 is 0.870 bits per heavy atom. The van der Waals surface area contributed by atoms with Gasteiger partial charge in [0.2, 0.25) is 0 Å². The topological polar surface area (TPSA) is 51.6 Å². The Bertz CT molecular complexity index is 551. The van der Waals surface area contributed by atoms with Gasteiger partial charge >= 0.3 is 0 Å². The molecule has 0 aliphatic rings. The molecule has 0 saturated heterocycles. The molecule has 23 heavy (non-hydrogen) atoms. The van der Waals surface area contributed by atoms with Crippen LogP contribution in [0.4, 0.5) is 0 Å². The summed E-state index contributed by atoms with van der Waals surface area (Å²) in [7, 11) is 0. The van der Waals surface area contributed by atoms with Crippen molar-refractivity contribution in [3.63, 3.8) is 0 Å². The van der Waals surface area contributed by atoms with Crippen LogP contribution in [-0.4, -0.2) is 19.9 Å². The summed E-state index contributed by atoms with van der Waals surface area (Å²) in [5.41, 5.74) is 3.75. The van der Waals surface area contributed by atoms with Crippen LogP contribution in [-0.2, 0) is 35.9 Å². The molecule has 2 rings (SSSR count). The Morgan fingerprint density at radius 1 is 0.565 bits per heavy atom. The molecule has 0 amide bonds. The Kier molecular flexibility index (Phi) is 8.02. The molecular formula is C15H20N4S4. The molecule has 4 nitrogen and oxygen atoms in total. The fourth-order valence-electron chi connectivity index (χ4n) is 2.18. The highest BCUT2D eigenvalue weighted by atomic mass is 32.1. The third-order valence-corrected chi connectivity index (χ3v) is 4.50. The number of aryl methyl sites for hydroxylation is 2. The van der Waals surface area contributed by atoms with Crippen molar-refractivity contribution < 1.29 is 0 Å². The van der Waals surface area contributed by atoms with Crippen molar-refractivity contribution in [2.75, 3.05) is 0 Å². The third kappa shape index (κ3) is 5.85. The van der Waals surface area contributed by atoms with Gasteiger partial charge in [-0.05, 0) is 18.6 Å². The number of nitrogens with zero attached hydrogens (tertiary/aromatic N) is 4. The van der Waals surface area contributed by atoms with E-state index in [1.54, 1.807) is 0 Å². The fraction of sp³-hybridized carbons (Fsp3) is 0.467. The average molecular weight is 385 g/mol. The van der Waals surface area contributed by atoms with E-state index in [9.17, 15) is 0 Å². The molecule has 0 aromatic carbocycles. The van der Waals surface area contributed by atoms with Crippen molar-refractivity contribution in [3.05, 3.63) is 46.6 Å². The second-order valence-corrected chi connectivity index (χ2v) is 6.28. The molecule has 0 aliphatic heterocycles. The first-order valence-corrected chi connectivity index (χ1v) is 9.86. The van der Waals surface area contributed by atoms with Gasteiger partial charge in [0.05, 0.1) is 22.8 Å². The molecule has 0 N–H and O–H groups in total. The second kappa shape index (κ2) is 9.76. The van der Waals surface area contributed by atoms with Gasteiger partial charge < -0.3 is 0 Å². The average Bonchev–Trinajstić information content (AvgIpc) is 2.60. The van der Waals surface area contributed by atoms with Crippen LogP contribution >= 0.6 is 50.5 Å². The highest BCUT2D eigenvalue weighted by molar-refractivity contribution is 7.79. The van der Waals surface area contributed by atoms with Crippen LogP contribution in [0.3, 0.4) is 0 Å². The van der Waals surface area contributed by atoms with E-state index in [0.29, 0.717) is 23.0 Å². The lowest BCUT2D eigenvalue weighted by Crippen LogP contribution is -2.05. The van der Waals surface area contributed by atoms with E-state index in [-0.39, 0.29) is 0 Å². The van der Waals surface area contributed by atoms with Crippen LogP contribution in [0.15, 0.2) is 12.1 Å².